The van der Waals surface area contributed by atoms with Crippen LogP contribution >= 0.6 is 0 Å². The highest BCUT2D eigenvalue weighted by atomic mass is 16.5. The number of pyridine rings is 1. The molecule has 2 heterocycles. The largest absolute Gasteiger partial charge is 0.398 e. The minimum Gasteiger partial charge on any atom is -0.398 e. The zero-order chi connectivity index (χ0) is 13.9. The van der Waals surface area contributed by atoms with Gasteiger partial charge >= 0.3 is 0 Å². The third-order valence-electron chi connectivity index (χ3n) is 4.11. The van der Waals surface area contributed by atoms with Gasteiger partial charge in [0.2, 0.25) is 0 Å². The first kappa shape index (κ1) is 14.2. The predicted octanol–water partition coefficient (Wildman–Crippen LogP) is 0.644. The van der Waals surface area contributed by atoms with E-state index in [1.54, 1.807) is 6.20 Å². The molecular formula is C14H24N4O. The number of hydrogen-bond acceptors (Lipinski definition) is 5. The molecule has 5 nitrogen and oxygen atoms in total. The molecule has 1 aliphatic rings. The minimum absolute atomic E-state index is 0.0112. The van der Waals surface area contributed by atoms with Crippen LogP contribution in [0.15, 0.2) is 18.5 Å². The topological polar surface area (TPSA) is 77.4 Å². The molecule has 0 spiro atoms. The average molecular weight is 264 g/mol. The molecule has 0 radical (unpaired) electrons. The second-order valence-corrected chi connectivity index (χ2v) is 5.64. The predicted molar refractivity (Wildman–Crippen MR) is 76.8 cm³/mol. The molecule has 5 heteroatoms. The van der Waals surface area contributed by atoms with Crippen molar-refractivity contribution in [2.24, 2.45) is 5.73 Å². The van der Waals surface area contributed by atoms with Crippen molar-refractivity contribution in [1.82, 2.24) is 9.88 Å². The molecule has 19 heavy (non-hydrogen) atoms. The Kier molecular flexibility index (Phi) is 4.39. The number of ether oxygens (including phenoxy) is 1. The molecule has 1 fully saturated rings. The van der Waals surface area contributed by atoms with E-state index in [1.165, 1.54) is 0 Å². The Bertz CT molecular complexity index is 416. The van der Waals surface area contributed by atoms with E-state index in [-0.39, 0.29) is 11.6 Å². The average Bonchev–Trinajstić information content (AvgIpc) is 2.42. The summed E-state index contributed by atoms with van der Waals surface area (Å²) in [4.78, 5) is 6.52. The van der Waals surface area contributed by atoms with Crippen LogP contribution in [0, 0.1) is 0 Å². The van der Waals surface area contributed by atoms with Crippen LogP contribution in [0.5, 0.6) is 0 Å². The summed E-state index contributed by atoms with van der Waals surface area (Å²) in [7, 11) is 0. The van der Waals surface area contributed by atoms with Crippen molar-refractivity contribution in [1.29, 1.82) is 0 Å². The Labute approximate surface area is 114 Å². The van der Waals surface area contributed by atoms with Crippen molar-refractivity contribution in [3.05, 3.63) is 24.0 Å². The van der Waals surface area contributed by atoms with Crippen LogP contribution in [0.1, 0.15) is 19.4 Å². The van der Waals surface area contributed by atoms with Gasteiger partial charge in [-0.05, 0) is 31.9 Å². The van der Waals surface area contributed by atoms with Gasteiger partial charge in [0, 0.05) is 42.8 Å². The second-order valence-electron chi connectivity index (χ2n) is 5.64. The van der Waals surface area contributed by atoms with E-state index in [2.05, 4.69) is 23.7 Å². The van der Waals surface area contributed by atoms with Crippen molar-refractivity contribution < 1.29 is 4.74 Å². The Morgan fingerprint density at radius 3 is 2.74 bits per heavy atom. The first-order valence-corrected chi connectivity index (χ1v) is 6.78. The summed E-state index contributed by atoms with van der Waals surface area (Å²) in [6.07, 6.45) is 4.26. The van der Waals surface area contributed by atoms with Gasteiger partial charge in [0.15, 0.2) is 0 Å². The molecule has 1 unspecified atom stereocenters. The number of anilines is 1. The third kappa shape index (κ3) is 3.23. The van der Waals surface area contributed by atoms with Gasteiger partial charge in [0.25, 0.3) is 0 Å². The highest BCUT2D eigenvalue weighted by Gasteiger charge is 2.34. The highest BCUT2D eigenvalue weighted by Crippen LogP contribution is 2.23. The minimum atomic E-state index is -0.0773. The number of nitrogen functional groups attached to an aromatic ring is 1. The Hall–Kier alpha value is -1.17. The standard InChI is InChI=1S/C14H24N4O/c1-14(2,18-5-7-19-8-6-18)13(16)9-11-10-17-4-3-12(11)15/h3-4,10,13H,5-9,16H2,1-2H3,(H2,15,17). The SMILES string of the molecule is CC(C)(C(N)Cc1cnccc1N)N1CCOCC1. The van der Waals surface area contributed by atoms with E-state index >= 15 is 0 Å². The van der Waals surface area contributed by atoms with Gasteiger partial charge in [0.1, 0.15) is 0 Å². The van der Waals surface area contributed by atoms with Crippen LogP contribution in [-0.2, 0) is 11.2 Å². The summed E-state index contributed by atoms with van der Waals surface area (Å²) in [5.74, 6) is 0. The van der Waals surface area contributed by atoms with E-state index in [1.807, 2.05) is 12.3 Å². The van der Waals surface area contributed by atoms with Gasteiger partial charge in [-0.1, -0.05) is 0 Å². The first-order chi connectivity index (χ1) is 9.01. The summed E-state index contributed by atoms with van der Waals surface area (Å²) >= 11 is 0. The van der Waals surface area contributed by atoms with Gasteiger partial charge in [-0.2, -0.15) is 0 Å². The fourth-order valence-electron chi connectivity index (χ4n) is 2.47. The quantitative estimate of drug-likeness (QED) is 0.834. The number of morpholine rings is 1. The molecule has 0 aliphatic carbocycles. The smallest absolute Gasteiger partial charge is 0.0594 e. The van der Waals surface area contributed by atoms with Gasteiger partial charge in [0.05, 0.1) is 13.2 Å². The number of hydrogen-bond donors (Lipinski definition) is 2. The second kappa shape index (κ2) is 5.86. The Morgan fingerprint density at radius 1 is 1.42 bits per heavy atom. The highest BCUT2D eigenvalue weighted by molar-refractivity contribution is 5.44. The van der Waals surface area contributed by atoms with E-state index in [4.69, 9.17) is 16.2 Å². The summed E-state index contributed by atoms with van der Waals surface area (Å²) in [5.41, 5.74) is 14.1. The first-order valence-electron chi connectivity index (χ1n) is 6.78. The number of nitrogens with zero attached hydrogens (tertiary/aromatic N) is 2. The lowest BCUT2D eigenvalue weighted by atomic mass is 9.88. The van der Waals surface area contributed by atoms with E-state index < -0.39 is 0 Å². The summed E-state index contributed by atoms with van der Waals surface area (Å²) in [6.45, 7) is 7.81. The maximum atomic E-state index is 6.42. The van der Waals surface area contributed by atoms with Crippen LogP contribution in [0.3, 0.4) is 0 Å². The maximum Gasteiger partial charge on any atom is 0.0594 e. The molecule has 0 amide bonds. The van der Waals surface area contributed by atoms with E-state index in [9.17, 15) is 0 Å². The van der Waals surface area contributed by atoms with Crippen molar-refractivity contribution >= 4 is 5.69 Å². The van der Waals surface area contributed by atoms with Gasteiger partial charge in [-0.3, -0.25) is 9.88 Å². The normalized spacial score (nSPS) is 19.3. The van der Waals surface area contributed by atoms with E-state index in [0.717, 1.165) is 44.0 Å². The maximum absolute atomic E-state index is 6.42. The molecule has 4 N–H and O–H groups in total. The van der Waals surface area contributed by atoms with Crippen molar-refractivity contribution in [3.8, 4) is 0 Å². The van der Waals surface area contributed by atoms with Crippen LogP contribution in [0.25, 0.3) is 0 Å². The van der Waals surface area contributed by atoms with Gasteiger partial charge in [-0.25, -0.2) is 0 Å². The molecule has 1 aromatic heterocycles. The summed E-state index contributed by atoms with van der Waals surface area (Å²) < 4.78 is 5.40. The summed E-state index contributed by atoms with van der Waals surface area (Å²) in [5, 5.41) is 0. The molecule has 0 bridgehead atoms. The summed E-state index contributed by atoms with van der Waals surface area (Å²) in [6, 6.07) is 1.83. The van der Waals surface area contributed by atoms with Gasteiger partial charge < -0.3 is 16.2 Å². The van der Waals surface area contributed by atoms with Crippen LogP contribution in [0.4, 0.5) is 5.69 Å². The van der Waals surface area contributed by atoms with Crippen LogP contribution in [0.2, 0.25) is 0 Å². The number of nitrogens with two attached hydrogens (primary N) is 2. The van der Waals surface area contributed by atoms with Gasteiger partial charge in [-0.15, -0.1) is 0 Å². The molecule has 1 atom stereocenters. The molecule has 1 aromatic rings. The van der Waals surface area contributed by atoms with Crippen LogP contribution in [-0.4, -0.2) is 47.8 Å². The zero-order valence-electron chi connectivity index (χ0n) is 11.8. The lowest BCUT2D eigenvalue weighted by Crippen LogP contribution is -2.59. The monoisotopic (exact) mass is 264 g/mol. The molecule has 1 saturated heterocycles. The molecule has 1 aliphatic heterocycles. The molecule has 2 rings (SSSR count). The zero-order valence-corrected chi connectivity index (χ0v) is 11.8. The molecule has 0 aromatic carbocycles. The number of aromatic nitrogens is 1. The molecule has 106 valence electrons. The molecular weight excluding hydrogens is 240 g/mol. The van der Waals surface area contributed by atoms with Crippen molar-refractivity contribution in [2.75, 3.05) is 32.0 Å². The fraction of sp³-hybridized carbons (Fsp3) is 0.643. The Morgan fingerprint density at radius 2 is 2.11 bits per heavy atom. The van der Waals surface area contributed by atoms with E-state index in [0.29, 0.717) is 0 Å². The molecule has 0 saturated carbocycles. The lowest BCUT2D eigenvalue weighted by molar-refractivity contribution is -0.0186. The van der Waals surface area contributed by atoms with Crippen molar-refractivity contribution in [2.45, 2.75) is 31.8 Å². The number of rotatable bonds is 4. The fourth-order valence-corrected chi connectivity index (χ4v) is 2.47. The third-order valence-corrected chi connectivity index (χ3v) is 4.11. The lowest BCUT2D eigenvalue weighted by Gasteiger charge is -2.44. The Balaban J connectivity index is 2.05. The van der Waals surface area contributed by atoms with Crippen molar-refractivity contribution in [3.63, 3.8) is 0 Å². The van der Waals surface area contributed by atoms with Crippen LogP contribution < -0.4 is 11.5 Å².